The summed E-state index contributed by atoms with van der Waals surface area (Å²) in [6.45, 7) is 0. The molecule has 0 aliphatic heterocycles. The molecule has 1 aliphatic rings. The Balaban J connectivity index is 1.91. The van der Waals surface area contributed by atoms with Crippen LogP contribution in [0.2, 0.25) is 0 Å². The number of aliphatic hydroxyl groups is 1. The van der Waals surface area contributed by atoms with Gasteiger partial charge in [0.2, 0.25) is 0 Å². The van der Waals surface area contributed by atoms with Crippen LogP contribution in [0.1, 0.15) is 33.0 Å². The maximum Gasteiger partial charge on any atom is 0.339 e. The summed E-state index contributed by atoms with van der Waals surface area (Å²) in [5.41, 5.74) is 1.43. The van der Waals surface area contributed by atoms with Crippen LogP contribution in [0.4, 0.5) is 0 Å². The lowest BCUT2D eigenvalue weighted by Crippen LogP contribution is -2.30. The second kappa shape index (κ2) is 7.07. The topological polar surface area (TPSA) is 115 Å². The van der Waals surface area contributed by atoms with Crippen molar-refractivity contribution in [3.05, 3.63) is 82.4 Å². The molecule has 4 rings (SSSR count). The fraction of sp³-hybridized carbons (Fsp3) is 0.130. The highest BCUT2D eigenvalue weighted by Gasteiger charge is 2.34. The van der Waals surface area contributed by atoms with E-state index >= 15 is 0 Å². The number of aliphatic hydroxyl groups excluding tert-OH is 1. The maximum atomic E-state index is 11.6. The van der Waals surface area contributed by atoms with E-state index in [2.05, 4.69) is 0 Å². The maximum absolute atomic E-state index is 11.6. The molecule has 0 bridgehead atoms. The Morgan fingerprint density at radius 2 is 1.62 bits per heavy atom. The molecule has 6 nitrogen and oxygen atoms in total. The van der Waals surface area contributed by atoms with Crippen molar-refractivity contribution in [3.63, 3.8) is 0 Å². The van der Waals surface area contributed by atoms with Crippen LogP contribution in [0.3, 0.4) is 0 Å². The average Bonchev–Trinajstić information content (AvgIpc) is 2.70. The molecule has 29 heavy (non-hydrogen) atoms. The van der Waals surface area contributed by atoms with E-state index < -0.39 is 24.0 Å². The summed E-state index contributed by atoms with van der Waals surface area (Å²) in [5.74, 6) is -3.50. The zero-order valence-electron chi connectivity index (χ0n) is 15.2. The number of hydrogen-bond acceptors (Lipinski definition) is 4. The molecule has 0 spiro atoms. The second-order valence-electron chi connectivity index (χ2n) is 7.07. The van der Waals surface area contributed by atoms with Crippen LogP contribution in [-0.4, -0.2) is 38.5 Å². The van der Waals surface area contributed by atoms with Crippen LogP contribution in [0, 0.1) is 0 Å². The van der Waals surface area contributed by atoms with Crippen molar-refractivity contribution in [2.45, 2.75) is 18.4 Å². The summed E-state index contributed by atoms with van der Waals surface area (Å²) in [6.07, 6.45) is 0.231. The van der Waals surface area contributed by atoms with Crippen molar-refractivity contribution in [3.8, 4) is 5.75 Å². The number of rotatable bonds is 4. The highest BCUT2D eigenvalue weighted by molar-refractivity contribution is 6.00. The number of benzene rings is 3. The minimum Gasteiger partial charge on any atom is -0.507 e. The standard InChI is InChI=1S/C23H18O6/c24-20-16(14-7-3-1-5-12(14)9-18(20)22(26)27)11-17-15-8-4-2-6-13(15)10-19(21(17)25)23(28)29/h1-10,16,20,24-25H,11H2,(H,26,27)(H,28,29). The zero-order valence-corrected chi connectivity index (χ0v) is 15.2. The molecule has 1 aliphatic carbocycles. The molecule has 2 atom stereocenters. The second-order valence-corrected chi connectivity index (χ2v) is 7.07. The summed E-state index contributed by atoms with van der Waals surface area (Å²) < 4.78 is 0. The number of fused-ring (bicyclic) bond motifs is 2. The van der Waals surface area contributed by atoms with Crippen LogP contribution >= 0.6 is 0 Å². The fourth-order valence-corrected chi connectivity index (χ4v) is 4.03. The number of aromatic carboxylic acids is 1. The number of carboxylic acids is 2. The Labute approximate surface area is 166 Å². The SMILES string of the molecule is O=C(O)C1=Cc2ccccc2C(Cc2c(O)c(C(=O)O)cc3ccccc23)C1O. The Kier molecular flexibility index (Phi) is 4.56. The van der Waals surface area contributed by atoms with Gasteiger partial charge in [-0.05, 0) is 40.5 Å². The number of hydrogen-bond donors (Lipinski definition) is 4. The van der Waals surface area contributed by atoms with Crippen LogP contribution in [0.25, 0.3) is 16.8 Å². The van der Waals surface area contributed by atoms with E-state index in [1.807, 2.05) is 0 Å². The molecule has 0 saturated heterocycles. The van der Waals surface area contributed by atoms with Crippen molar-refractivity contribution in [2.75, 3.05) is 0 Å². The van der Waals surface area contributed by atoms with Crippen molar-refractivity contribution in [1.82, 2.24) is 0 Å². The molecule has 2 unspecified atom stereocenters. The Bertz CT molecular complexity index is 1180. The smallest absolute Gasteiger partial charge is 0.339 e. The van der Waals surface area contributed by atoms with E-state index in [0.29, 0.717) is 21.9 Å². The first-order valence-electron chi connectivity index (χ1n) is 9.07. The van der Waals surface area contributed by atoms with Gasteiger partial charge in [-0.15, -0.1) is 0 Å². The number of aliphatic carboxylic acids is 1. The first kappa shape index (κ1) is 18.7. The Hall–Kier alpha value is -3.64. The average molecular weight is 390 g/mol. The van der Waals surface area contributed by atoms with Gasteiger partial charge in [0.25, 0.3) is 0 Å². The van der Waals surface area contributed by atoms with Crippen LogP contribution < -0.4 is 0 Å². The van der Waals surface area contributed by atoms with Gasteiger partial charge in [-0.2, -0.15) is 0 Å². The lowest BCUT2D eigenvalue weighted by Gasteiger charge is -2.30. The molecular weight excluding hydrogens is 372 g/mol. The lowest BCUT2D eigenvalue weighted by molar-refractivity contribution is -0.133. The van der Waals surface area contributed by atoms with Gasteiger partial charge in [-0.3, -0.25) is 0 Å². The third-order valence-corrected chi connectivity index (χ3v) is 5.43. The van der Waals surface area contributed by atoms with E-state index in [4.69, 9.17) is 0 Å². The van der Waals surface area contributed by atoms with E-state index in [1.54, 1.807) is 48.5 Å². The normalized spacial score (nSPS) is 18.2. The van der Waals surface area contributed by atoms with Gasteiger partial charge in [-0.1, -0.05) is 48.5 Å². The predicted octanol–water partition coefficient (Wildman–Crippen LogP) is 3.41. The number of aromatic hydroxyl groups is 1. The quantitative estimate of drug-likeness (QED) is 0.543. The van der Waals surface area contributed by atoms with Crippen LogP contribution in [-0.2, 0) is 11.2 Å². The minimum atomic E-state index is -1.30. The summed E-state index contributed by atoms with van der Waals surface area (Å²) in [6, 6.07) is 15.6. The monoisotopic (exact) mass is 390 g/mol. The third kappa shape index (κ3) is 3.13. The van der Waals surface area contributed by atoms with Crippen LogP contribution in [0.5, 0.6) is 5.75 Å². The van der Waals surface area contributed by atoms with Crippen molar-refractivity contribution < 1.29 is 30.0 Å². The molecule has 0 saturated carbocycles. The molecule has 4 N–H and O–H groups in total. The van der Waals surface area contributed by atoms with Crippen LogP contribution in [0.15, 0.2) is 60.2 Å². The molecular formula is C23H18O6. The van der Waals surface area contributed by atoms with Gasteiger partial charge in [0.1, 0.15) is 11.3 Å². The largest absolute Gasteiger partial charge is 0.507 e. The minimum absolute atomic E-state index is 0.0796. The summed E-state index contributed by atoms with van der Waals surface area (Å²) in [7, 11) is 0. The third-order valence-electron chi connectivity index (χ3n) is 5.43. The predicted molar refractivity (Wildman–Crippen MR) is 107 cm³/mol. The van der Waals surface area contributed by atoms with Gasteiger partial charge < -0.3 is 20.4 Å². The van der Waals surface area contributed by atoms with Crippen molar-refractivity contribution in [2.24, 2.45) is 0 Å². The summed E-state index contributed by atoms with van der Waals surface area (Å²) in [4.78, 5) is 23.3. The number of carbonyl (C=O) groups is 2. The van der Waals surface area contributed by atoms with E-state index in [1.165, 1.54) is 12.1 Å². The first-order valence-corrected chi connectivity index (χ1v) is 9.07. The molecule has 0 radical (unpaired) electrons. The van der Waals surface area contributed by atoms with Gasteiger partial charge in [0, 0.05) is 11.5 Å². The molecule has 146 valence electrons. The van der Waals surface area contributed by atoms with Crippen molar-refractivity contribution in [1.29, 1.82) is 0 Å². The Morgan fingerprint density at radius 3 is 2.34 bits per heavy atom. The zero-order chi connectivity index (χ0) is 20.7. The highest BCUT2D eigenvalue weighted by atomic mass is 16.4. The first-order chi connectivity index (χ1) is 13.9. The number of phenols is 1. The summed E-state index contributed by atoms with van der Waals surface area (Å²) in [5, 5.41) is 41.8. The van der Waals surface area contributed by atoms with Gasteiger partial charge in [-0.25, -0.2) is 9.59 Å². The van der Waals surface area contributed by atoms with Crippen molar-refractivity contribution >= 4 is 28.8 Å². The van der Waals surface area contributed by atoms with Gasteiger partial charge in [0.15, 0.2) is 0 Å². The molecule has 0 aromatic heterocycles. The lowest BCUT2D eigenvalue weighted by atomic mass is 9.76. The van der Waals surface area contributed by atoms with E-state index in [0.717, 1.165) is 5.56 Å². The highest BCUT2D eigenvalue weighted by Crippen LogP contribution is 2.40. The van der Waals surface area contributed by atoms with E-state index in [9.17, 15) is 30.0 Å². The summed E-state index contributed by atoms with van der Waals surface area (Å²) >= 11 is 0. The Morgan fingerprint density at radius 1 is 0.931 bits per heavy atom. The molecule has 0 heterocycles. The molecule has 0 amide bonds. The van der Waals surface area contributed by atoms with Gasteiger partial charge >= 0.3 is 11.9 Å². The van der Waals surface area contributed by atoms with Gasteiger partial charge in [0.05, 0.1) is 11.7 Å². The number of carboxylic acid groups (broad SMARTS) is 2. The fourth-order valence-electron chi connectivity index (χ4n) is 4.03. The molecule has 3 aromatic rings. The molecule has 6 heteroatoms. The van der Waals surface area contributed by atoms with E-state index in [-0.39, 0.29) is 23.3 Å². The molecule has 3 aromatic carbocycles. The molecule has 0 fully saturated rings.